The summed E-state index contributed by atoms with van der Waals surface area (Å²) in [5.74, 6) is -0.195. The van der Waals surface area contributed by atoms with E-state index >= 15 is 0 Å². The molecule has 0 heterocycles. The van der Waals surface area contributed by atoms with Gasteiger partial charge in [-0.15, -0.1) is 0 Å². The fraction of sp³-hybridized carbons (Fsp3) is 0.364. The van der Waals surface area contributed by atoms with Crippen molar-refractivity contribution in [3.63, 3.8) is 0 Å². The molecule has 0 unspecified atom stereocenters. The number of aliphatic carboxylic acids is 1. The van der Waals surface area contributed by atoms with E-state index in [4.69, 9.17) is 14.6 Å². The Bertz CT molecular complexity index is 322. The summed E-state index contributed by atoms with van der Waals surface area (Å²) in [6.07, 6.45) is 0. The number of rotatable bonds is 6. The molecule has 0 aliphatic rings. The zero-order chi connectivity index (χ0) is 11.1. The first kappa shape index (κ1) is 11.5. The van der Waals surface area contributed by atoms with Gasteiger partial charge in [0.2, 0.25) is 0 Å². The maximum absolute atomic E-state index is 10.1. The summed E-state index contributed by atoms with van der Waals surface area (Å²) >= 11 is 0. The summed E-state index contributed by atoms with van der Waals surface area (Å²) < 4.78 is 10.2. The molecule has 0 atom stereocenters. The molecule has 0 saturated carbocycles. The Kier molecular flexibility index (Phi) is 4.63. The molecule has 4 nitrogen and oxygen atoms in total. The van der Waals surface area contributed by atoms with Gasteiger partial charge >= 0.3 is 5.97 Å². The van der Waals surface area contributed by atoms with Crippen LogP contribution in [0.25, 0.3) is 0 Å². The van der Waals surface area contributed by atoms with Crippen LogP contribution in [0, 0.1) is 6.92 Å². The predicted octanol–water partition coefficient (Wildman–Crippen LogP) is 1.48. The maximum atomic E-state index is 10.1. The lowest BCUT2D eigenvalue weighted by Crippen LogP contribution is -2.12. The molecule has 15 heavy (non-hydrogen) atoms. The molecule has 82 valence electrons. The van der Waals surface area contributed by atoms with Gasteiger partial charge in [0.15, 0.2) is 0 Å². The predicted molar refractivity (Wildman–Crippen MR) is 55.1 cm³/mol. The highest BCUT2D eigenvalue weighted by Gasteiger charge is 1.97. The first-order chi connectivity index (χ1) is 7.18. The van der Waals surface area contributed by atoms with E-state index in [0.29, 0.717) is 6.61 Å². The number of carbonyl (C=O) groups is 1. The fourth-order valence-corrected chi connectivity index (χ4v) is 1.08. The second-order valence-electron chi connectivity index (χ2n) is 3.11. The molecule has 0 aliphatic carbocycles. The van der Waals surface area contributed by atoms with Crippen molar-refractivity contribution in [3.05, 3.63) is 29.8 Å². The monoisotopic (exact) mass is 210 g/mol. The second kappa shape index (κ2) is 6.03. The van der Waals surface area contributed by atoms with Crippen LogP contribution in [0.4, 0.5) is 0 Å². The number of hydrogen-bond donors (Lipinski definition) is 1. The maximum Gasteiger partial charge on any atom is 0.329 e. The van der Waals surface area contributed by atoms with E-state index in [2.05, 4.69) is 0 Å². The van der Waals surface area contributed by atoms with E-state index in [-0.39, 0.29) is 13.2 Å². The van der Waals surface area contributed by atoms with Gasteiger partial charge in [-0.05, 0) is 24.6 Å². The SMILES string of the molecule is Cc1cccc(OCCOCC(=O)O)c1. The van der Waals surface area contributed by atoms with Crippen LogP contribution < -0.4 is 4.74 Å². The number of hydrogen-bond acceptors (Lipinski definition) is 3. The van der Waals surface area contributed by atoms with Crippen molar-refractivity contribution in [3.8, 4) is 5.75 Å². The topological polar surface area (TPSA) is 55.8 Å². The Morgan fingerprint density at radius 1 is 1.40 bits per heavy atom. The van der Waals surface area contributed by atoms with Crippen molar-refractivity contribution in [2.75, 3.05) is 19.8 Å². The molecule has 0 saturated heterocycles. The molecule has 1 aromatic rings. The van der Waals surface area contributed by atoms with Crippen LogP contribution in [-0.4, -0.2) is 30.9 Å². The summed E-state index contributed by atoms with van der Waals surface area (Å²) in [6, 6.07) is 7.65. The third-order valence-corrected chi connectivity index (χ3v) is 1.71. The standard InChI is InChI=1S/C11H14O4/c1-9-3-2-4-10(7-9)15-6-5-14-8-11(12)13/h2-4,7H,5-6,8H2,1H3,(H,12,13). The van der Waals surface area contributed by atoms with Crippen LogP contribution in [0.1, 0.15) is 5.56 Å². The number of carboxylic acid groups (broad SMARTS) is 1. The summed E-state index contributed by atoms with van der Waals surface area (Å²) in [7, 11) is 0. The van der Waals surface area contributed by atoms with Gasteiger partial charge in [-0.1, -0.05) is 12.1 Å². The zero-order valence-electron chi connectivity index (χ0n) is 8.60. The van der Waals surface area contributed by atoms with Gasteiger partial charge in [-0.3, -0.25) is 0 Å². The Hall–Kier alpha value is -1.55. The number of ether oxygens (including phenoxy) is 2. The molecular weight excluding hydrogens is 196 g/mol. The number of carboxylic acids is 1. The van der Waals surface area contributed by atoms with E-state index in [0.717, 1.165) is 11.3 Å². The Morgan fingerprint density at radius 3 is 2.87 bits per heavy atom. The summed E-state index contributed by atoms with van der Waals surface area (Å²) in [5, 5.41) is 8.30. The third kappa shape index (κ3) is 5.02. The van der Waals surface area contributed by atoms with Crippen LogP contribution in [0.3, 0.4) is 0 Å². The highest BCUT2D eigenvalue weighted by Crippen LogP contribution is 2.11. The van der Waals surface area contributed by atoms with E-state index in [1.54, 1.807) is 0 Å². The van der Waals surface area contributed by atoms with Crippen molar-refractivity contribution >= 4 is 5.97 Å². The van der Waals surface area contributed by atoms with E-state index in [1.165, 1.54) is 0 Å². The van der Waals surface area contributed by atoms with Gasteiger partial charge in [-0.2, -0.15) is 0 Å². The van der Waals surface area contributed by atoms with E-state index in [1.807, 2.05) is 31.2 Å². The minimum Gasteiger partial charge on any atom is -0.491 e. The molecule has 1 aromatic carbocycles. The molecular formula is C11H14O4. The van der Waals surface area contributed by atoms with Gasteiger partial charge in [0.1, 0.15) is 19.0 Å². The summed E-state index contributed by atoms with van der Waals surface area (Å²) in [5.41, 5.74) is 1.12. The molecule has 0 aromatic heterocycles. The lowest BCUT2D eigenvalue weighted by atomic mass is 10.2. The first-order valence-electron chi connectivity index (χ1n) is 4.67. The van der Waals surface area contributed by atoms with E-state index in [9.17, 15) is 4.79 Å². The minimum atomic E-state index is -0.967. The Morgan fingerprint density at radius 2 is 2.20 bits per heavy atom. The Labute approximate surface area is 88.4 Å². The lowest BCUT2D eigenvalue weighted by Gasteiger charge is -2.06. The van der Waals surface area contributed by atoms with Crippen LogP contribution in [0.15, 0.2) is 24.3 Å². The third-order valence-electron chi connectivity index (χ3n) is 1.71. The van der Waals surface area contributed by atoms with E-state index < -0.39 is 5.97 Å². The van der Waals surface area contributed by atoms with Crippen LogP contribution in [0.2, 0.25) is 0 Å². The van der Waals surface area contributed by atoms with Crippen molar-refractivity contribution in [1.82, 2.24) is 0 Å². The summed E-state index contributed by atoms with van der Waals surface area (Å²) in [6.45, 7) is 2.34. The molecule has 0 radical (unpaired) electrons. The van der Waals surface area contributed by atoms with Crippen LogP contribution in [0.5, 0.6) is 5.75 Å². The molecule has 0 amide bonds. The largest absolute Gasteiger partial charge is 0.491 e. The quantitative estimate of drug-likeness (QED) is 0.722. The highest BCUT2D eigenvalue weighted by atomic mass is 16.5. The van der Waals surface area contributed by atoms with Crippen molar-refractivity contribution in [2.45, 2.75) is 6.92 Å². The molecule has 0 aliphatic heterocycles. The fourth-order valence-electron chi connectivity index (χ4n) is 1.08. The van der Waals surface area contributed by atoms with Crippen molar-refractivity contribution in [2.24, 2.45) is 0 Å². The molecule has 0 bridgehead atoms. The van der Waals surface area contributed by atoms with Crippen molar-refractivity contribution < 1.29 is 19.4 Å². The van der Waals surface area contributed by atoms with Crippen molar-refractivity contribution in [1.29, 1.82) is 0 Å². The smallest absolute Gasteiger partial charge is 0.329 e. The molecule has 1 rings (SSSR count). The number of aryl methyl sites for hydroxylation is 1. The van der Waals surface area contributed by atoms with Crippen LogP contribution in [-0.2, 0) is 9.53 Å². The van der Waals surface area contributed by atoms with Gasteiger partial charge < -0.3 is 14.6 Å². The molecule has 0 fully saturated rings. The molecule has 1 N–H and O–H groups in total. The minimum absolute atomic E-state index is 0.278. The molecule has 4 heteroatoms. The lowest BCUT2D eigenvalue weighted by molar-refractivity contribution is -0.142. The molecule has 0 spiro atoms. The summed E-state index contributed by atoms with van der Waals surface area (Å²) in [4.78, 5) is 10.1. The average molecular weight is 210 g/mol. The van der Waals surface area contributed by atoms with Gasteiger partial charge in [0.25, 0.3) is 0 Å². The highest BCUT2D eigenvalue weighted by molar-refractivity contribution is 5.67. The van der Waals surface area contributed by atoms with Gasteiger partial charge in [-0.25, -0.2) is 4.79 Å². The second-order valence-corrected chi connectivity index (χ2v) is 3.11. The average Bonchev–Trinajstić information content (AvgIpc) is 2.17. The van der Waals surface area contributed by atoms with Gasteiger partial charge in [0.05, 0.1) is 6.61 Å². The number of benzene rings is 1. The first-order valence-corrected chi connectivity index (χ1v) is 4.67. The Balaban J connectivity index is 2.17. The van der Waals surface area contributed by atoms with Gasteiger partial charge in [0, 0.05) is 0 Å². The van der Waals surface area contributed by atoms with Crippen LogP contribution >= 0.6 is 0 Å². The zero-order valence-corrected chi connectivity index (χ0v) is 8.60. The normalized spacial score (nSPS) is 9.93.